The van der Waals surface area contributed by atoms with Gasteiger partial charge < -0.3 is 14.9 Å². The molecule has 0 saturated carbocycles. The van der Waals surface area contributed by atoms with Gasteiger partial charge in [0, 0.05) is 11.6 Å². The molecule has 2 aliphatic rings. The quantitative estimate of drug-likeness (QED) is 0.454. The molecule has 2 saturated heterocycles. The highest BCUT2D eigenvalue weighted by Crippen LogP contribution is 2.51. The Morgan fingerprint density at radius 1 is 1.10 bits per heavy atom. The van der Waals surface area contributed by atoms with Gasteiger partial charge in [0.1, 0.15) is 5.54 Å². The third kappa shape index (κ3) is 3.46. The number of fused-ring (bicyclic) bond motifs is 1. The van der Waals surface area contributed by atoms with E-state index in [1.54, 1.807) is 20.8 Å². The summed E-state index contributed by atoms with van der Waals surface area (Å²) in [4.78, 5) is 63.1. The van der Waals surface area contributed by atoms with E-state index >= 15 is 0 Å². The molecule has 2 aliphatic heterocycles. The highest BCUT2D eigenvalue weighted by molar-refractivity contribution is 6.10. The lowest BCUT2D eigenvalue weighted by atomic mass is 9.77. The van der Waals surface area contributed by atoms with Crippen LogP contribution in [0.5, 0.6) is 0 Å². The maximum Gasteiger partial charge on any atom is 0.337 e. The number of rotatable bonds is 5. The number of hydrogen-bond donors (Lipinski definition) is 3. The smallest absolute Gasteiger partial charge is 0.337 e. The van der Waals surface area contributed by atoms with Gasteiger partial charge in [0.05, 0.1) is 30.9 Å². The van der Waals surface area contributed by atoms with Crippen LogP contribution in [0.25, 0.3) is 0 Å². The number of carboxylic acid groups (broad SMARTS) is 2. The first-order chi connectivity index (χ1) is 14.3. The molecule has 0 aromatic heterocycles. The molecule has 4 unspecified atom stereocenters. The van der Waals surface area contributed by atoms with Crippen LogP contribution in [0, 0.1) is 11.8 Å². The fourth-order valence-electron chi connectivity index (χ4n) is 4.57. The summed E-state index contributed by atoms with van der Waals surface area (Å²) in [5.74, 6) is -7.27. The van der Waals surface area contributed by atoms with Crippen molar-refractivity contribution in [3.63, 3.8) is 0 Å². The van der Waals surface area contributed by atoms with Crippen LogP contribution >= 0.6 is 0 Å². The lowest BCUT2D eigenvalue weighted by molar-refractivity contribution is -0.157. The van der Waals surface area contributed by atoms with E-state index in [4.69, 9.17) is 0 Å². The number of methoxy groups -OCH3 is 1. The average molecular weight is 432 g/mol. The molecule has 1 aromatic rings. The van der Waals surface area contributed by atoms with Gasteiger partial charge in [0.2, 0.25) is 11.8 Å². The molecular formula is C21H24N2O8. The third-order valence-electron chi connectivity index (χ3n) is 5.83. The molecule has 0 aliphatic carbocycles. The lowest BCUT2D eigenvalue weighted by Gasteiger charge is -2.34. The first kappa shape index (κ1) is 22.4. The first-order valence-corrected chi connectivity index (χ1v) is 9.64. The Labute approximate surface area is 178 Å². The molecule has 3 N–H and O–H groups in total. The fraction of sp³-hybridized carbons (Fsp3) is 0.476. The minimum atomic E-state index is -2.16. The molecule has 10 heteroatoms. The van der Waals surface area contributed by atoms with Crippen LogP contribution in [0.4, 0.5) is 0 Å². The zero-order valence-corrected chi connectivity index (χ0v) is 17.5. The molecule has 166 valence electrons. The van der Waals surface area contributed by atoms with Crippen molar-refractivity contribution < 1.29 is 38.9 Å². The normalized spacial score (nSPS) is 27.9. The Hall–Kier alpha value is -3.27. The van der Waals surface area contributed by atoms with Crippen molar-refractivity contribution in [2.75, 3.05) is 7.11 Å². The summed E-state index contributed by atoms with van der Waals surface area (Å²) in [6, 6.07) is 5.03. The van der Waals surface area contributed by atoms with Gasteiger partial charge >= 0.3 is 17.9 Å². The van der Waals surface area contributed by atoms with Crippen molar-refractivity contribution in [1.82, 2.24) is 10.2 Å². The maximum absolute atomic E-state index is 13.3. The van der Waals surface area contributed by atoms with E-state index < -0.39 is 65.1 Å². The summed E-state index contributed by atoms with van der Waals surface area (Å²) in [5, 5.41) is 22.2. The third-order valence-corrected chi connectivity index (χ3v) is 5.83. The Kier molecular flexibility index (Phi) is 5.39. The van der Waals surface area contributed by atoms with Crippen molar-refractivity contribution in [1.29, 1.82) is 0 Å². The van der Waals surface area contributed by atoms with Gasteiger partial charge in [-0.25, -0.2) is 4.79 Å². The van der Waals surface area contributed by atoms with Crippen LogP contribution in [-0.2, 0) is 23.9 Å². The number of carbonyl (C=O) groups excluding carboxylic acids is 3. The number of benzene rings is 1. The molecule has 0 radical (unpaired) electrons. The van der Waals surface area contributed by atoms with Crippen LogP contribution in [-0.4, -0.2) is 63.0 Å². The van der Waals surface area contributed by atoms with Gasteiger partial charge in [-0.05, 0) is 38.5 Å². The number of nitrogens with one attached hydrogen (secondary N) is 1. The van der Waals surface area contributed by atoms with Crippen molar-refractivity contribution in [2.45, 2.75) is 44.3 Å². The molecule has 4 atom stereocenters. The number of likely N-dealkylation sites (tertiary alicyclic amines) is 1. The van der Waals surface area contributed by atoms with Gasteiger partial charge in [0.25, 0.3) is 0 Å². The second-order valence-electron chi connectivity index (χ2n) is 8.77. The Balaban J connectivity index is 2.14. The van der Waals surface area contributed by atoms with Crippen molar-refractivity contribution >= 4 is 29.7 Å². The number of nitrogens with zero attached hydrogens (tertiary/aromatic N) is 1. The highest BCUT2D eigenvalue weighted by atomic mass is 16.5. The number of ether oxygens (including phenoxy) is 1. The van der Waals surface area contributed by atoms with E-state index in [2.05, 4.69) is 10.1 Å². The number of imide groups is 1. The molecule has 2 fully saturated rings. The summed E-state index contributed by atoms with van der Waals surface area (Å²) >= 11 is 0. The van der Waals surface area contributed by atoms with Gasteiger partial charge in [0.15, 0.2) is 0 Å². The number of carbonyl (C=O) groups is 5. The van der Waals surface area contributed by atoms with E-state index in [9.17, 15) is 34.2 Å². The summed E-state index contributed by atoms with van der Waals surface area (Å²) in [7, 11) is 1.23. The number of carboxylic acids is 2. The van der Waals surface area contributed by atoms with E-state index in [1.807, 2.05) is 0 Å². The molecule has 31 heavy (non-hydrogen) atoms. The lowest BCUT2D eigenvalue weighted by Crippen LogP contribution is -2.58. The predicted molar refractivity (Wildman–Crippen MR) is 105 cm³/mol. The van der Waals surface area contributed by atoms with Crippen LogP contribution in [0.2, 0.25) is 0 Å². The molecule has 10 nitrogen and oxygen atoms in total. The standard InChI is InChI=1S/C21H24N2O8/c1-20(2,3)23-16(26)13-14(17(23)27)21(19(29)30,9-12(24)25)22-15(13)10-5-7-11(8-6-10)18(28)31-4/h5-8,13-15,22H,9H2,1-4H3,(H,24,25)(H,29,30). The summed E-state index contributed by atoms with van der Waals surface area (Å²) in [5.41, 5.74) is -2.37. The zero-order chi connectivity index (χ0) is 23.3. The van der Waals surface area contributed by atoms with E-state index in [0.29, 0.717) is 5.56 Å². The highest BCUT2D eigenvalue weighted by Gasteiger charge is 2.70. The average Bonchev–Trinajstić information content (AvgIpc) is 3.15. The number of hydrogen-bond acceptors (Lipinski definition) is 7. The Bertz CT molecular complexity index is 965. The molecule has 2 amide bonds. The summed E-state index contributed by atoms with van der Waals surface area (Å²) < 4.78 is 4.66. The zero-order valence-electron chi connectivity index (χ0n) is 17.5. The molecule has 1 aromatic carbocycles. The van der Waals surface area contributed by atoms with Gasteiger partial charge in [-0.3, -0.25) is 29.4 Å². The van der Waals surface area contributed by atoms with Crippen LogP contribution in [0.15, 0.2) is 24.3 Å². The van der Waals surface area contributed by atoms with Crippen LogP contribution < -0.4 is 5.32 Å². The van der Waals surface area contributed by atoms with E-state index in [1.165, 1.54) is 31.4 Å². The topological polar surface area (TPSA) is 150 Å². The van der Waals surface area contributed by atoms with Gasteiger partial charge in [-0.2, -0.15) is 0 Å². The SMILES string of the molecule is COC(=O)c1ccc(C2NC(CC(=O)O)(C(=O)O)C3C(=O)N(C(C)(C)C)C(=O)C23)cc1. The van der Waals surface area contributed by atoms with E-state index in [-0.39, 0.29) is 5.56 Å². The first-order valence-electron chi connectivity index (χ1n) is 9.64. The molecule has 3 rings (SSSR count). The summed E-state index contributed by atoms with van der Waals surface area (Å²) in [6.07, 6.45) is -0.878. The number of aliphatic carboxylic acids is 2. The minimum Gasteiger partial charge on any atom is -0.481 e. The molecule has 0 spiro atoms. The van der Waals surface area contributed by atoms with Crippen molar-refractivity contribution in [3.05, 3.63) is 35.4 Å². The molecule has 0 bridgehead atoms. The molecular weight excluding hydrogens is 408 g/mol. The Morgan fingerprint density at radius 2 is 1.68 bits per heavy atom. The van der Waals surface area contributed by atoms with Crippen LogP contribution in [0.1, 0.15) is 49.2 Å². The second kappa shape index (κ2) is 7.45. The van der Waals surface area contributed by atoms with E-state index in [0.717, 1.165) is 4.90 Å². The van der Waals surface area contributed by atoms with Gasteiger partial charge in [-0.1, -0.05) is 12.1 Å². The summed E-state index contributed by atoms with van der Waals surface area (Å²) in [6.45, 7) is 4.95. The number of esters is 1. The molecule has 2 heterocycles. The van der Waals surface area contributed by atoms with Crippen LogP contribution in [0.3, 0.4) is 0 Å². The second-order valence-corrected chi connectivity index (χ2v) is 8.77. The predicted octanol–water partition coefficient (Wildman–Crippen LogP) is 0.815. The minimum absolute atomic E-state index is 0.251. The number of amides is 2. The van der Waals surface area contributed by atoms with Crippen molar-refractivity contribution in [3.8, 4) is 0 Å². The van der Waals surface area contributed by atoms with Crippen molar-refractivity contribution in [2.24, 2.45) is 11.8 Å². The van der Waals surface area contributed by atoms with Gasteiger partial charge in [-0.15, -0.1) is 0 Å². The maximum atomic E-state index is 13.3. The largest absolute Gasteiger partial charge is 0.481 e. The monoisotopic (exact) mass is 432 g/mol. The fourth-order valence-corrected chi connectivity index (χ4v) is 4.57. The Morgan fingerprint density at radius 3 is 2.13 bits per heavy atom.